The molecule has 7 heteroatoms. The normalized spacial score (nSPS) is 19.8. The molecule has 1 aromatic heterocycles. The second kappa shape index (κ2) is 7.04. The highest BCUT2D eigenvalue weighted by molar-refractivity contribution is 5.87. The van der Waals surface area contributed by atoms with Gasteiger partial charge in [0.2, 0.25) is 5.91 Å². The summed E-state index contributed by atoms with van der Waals surface area (Å²) in [5.74, 6) is -0.542. The molecule has 0 saturated carbocycles. The molecule has 2 heterocycles. The van der Waals surface area contributed by atoms with E-state index in [4.69, 9.17) is 0 Å². The van der Waals surface area contributed by atoms with Crippen LogP contribution in [0.2, 0.25) is 0 Å². The molecule has 0 aliphatic carbocycles. The number of likely N-dealkylation sites (tertiary alicyclic amines) is 1. The summed E-state index contributed by atoms with van der Waals surface area (Å²) in [6.07, 6.45) is 6.34. The minimum Gasteiger partial charge on any atom is -0.383 e. The fraction of sp³-hybridized carbons (Fsp3) is 0.615. The SMILES string of the molecule is O=C(CN1CCCCC(O)C1=O)NCCn1ccnc1. The highest BCUT2D eigenvalue weighted by atomic mass is 16.3. The molecule has 110 valence electrons. The zero-order valence-electron chi connectivity index (χ0n) is 11.4. The number of imidazole rings is 1. The van der Waals surface area contributed by atoms with E-state index in [1.54, 1.807) is 12.5 Å². The van der Waals surface area contributed by atoms with Crippen molar-refractivity contribution in [3.8, 4) is 0 Å². The molecule has 1 fully saturated rings. The lowest BCUT2D eigenvalue weighted by atomic mass is 10.2. The fourth-order valence-corrected chi connectivity index (χ4v) is 2.21. The van der Waals surface area contributed by atoms with E-state index >= 15 is 0 Å². The zero-order valence-corrected chi connectivity index (χ0v) is 11.4. The molecule has 1 aliphatic rings. The molecule has 0 radical (unpaired) electrons. The van der Waals surface area contributed by atoms with Crippen molar-refractivity contribution in [1.29, 1.82) is 0 Å². The molecular formula is C13H20N4O3. The Hall–Kier alpha value is -1.89. The van der Waals surface area contributed by atoms with Gasteiger partial charge in [-0.25, -0.2) is 4.98 Å². The summed E-state index contributed by atoms with van der Waals surface area (Å²) < 4.78 is 1.86. The molecule has 7 nitrogen and oxygen atoms in total. The molecular weight excluding hydrogens is 260 g/mol. The first-order valence-electron chi connectivity index (χ1n) is 6.86. The molecule has 1 saturated heterocycles. The number of aliphatic hydroxyl groups excluding tert-OH is 1. The van der Waals surface area contributed by atoms with Gasteiger partial charge >= 0.3 is 0 Å². The molecule has 0 bridgehead atoms. The van der Waals surface area contributed by atoms with Crippen LogP contribution in [0.5, 0.6) is 0 Å². The van der Waals surface area contributed by atoms with Gasteiger partial charge in [-0.3, -0.25) is 9.59 Å². The predicted molar refractivity (Wildman–Crippen MR) is 71.7 cm³/mol. The summed E-state index contributed by atoms with van der Waals surface area (Å²) in [5, 5.41) is 12.4. The quantitative estimate of drug-likeness (QED) is 0.752. The number of rotatable bonds is 5. The van der Waals surface area contributed by atoms with Crippen molar-refractivity contribution in [2.75, 3.05) is 19.6 Å². The van der Waals surface area contributed by atoms with Crippen LogP contribution in [0.1, 0.15) is 19.3 Å². The number of carbonyl (C=O) groups is 2. The molecule has 1 atom stereocenters. The Kier molecular flexibility index (Phi) is 5.11. The molecule has 2 amide bonds. The van der Waals surface area contributed by atoms with E-state index in [-0.39, 0.29) is 18.4 Å². The number of carbonyl (C=O) groups excluding carboxylic acids is 2. The van der Waals surface area contributed by atoms with Crippen molar-refractivity contribution >= 4 is 11.8 Å². The van der Waals surface area contributed by atoms with Crippen LogP contribution in [0.4, 0.5) is 0 Å². The van der Waals surface area contributed by atoms with Crippen LogP contribution in [0.3, 0.4) is 0 Å². The van der Waals surface area contributed by atoms with Gasteiger partial charge in [0, 0.05) is 32.0 Å². The molecule has 1 unspecified atom stereocenters. The van der Waals surface area contributed by atoms with Gasteiger partial charge in [-0.15, -0.1) is 0 Å². The summed E-state index contributed by atoms with van der Waals surface area (Å²) in [6, 6.07) is 0. The van der Waals surface area contributed by atoms with Gasteiger partial charge in [0.25, 0.3) is 5.91 Å². The summed E-state index contributed by atoms with van der Waals surface area (Å²) in [7, 11) is 0. The Balaban J connectivity index is 1.74. The number of aromatic nitrogens is 2. The molecule has 1 aliphatic heterocycles. The first kappa shape index (κ1) is 14.5. The molecule has 0 aromatic carbocycles. The van der Waals surface area contributed by atoms with Crippen molar-refractivity contribution in [3.63, 3.8) is 0 Å². The first-order chi connectivity index (χ1) is 9.66. The minimum atomic E-state index is -0.962. The van der Waals surface area contributed by atoms with Crippen LogP contribution < -0.4 is 5.32 Å². The third-order valence-electron chi connectivity index (χ3n) is 3.34. The highest BCUT2D eigenvalue weighted by Crippen LogP contribution is 2.11. The lowest BCUT2D eigenvalue weighted by Crippen LogP contribution is -2.44. The van der Waals surface area contributed by atoms with Crippen molar-refractivity contribution in [2.24, 2.45) is 0 Å². The summed E-state index contributed by atoms with van der Waals surface area (Å²) in [6.45, 7) is 1.67. The summed E-state index contributed by atoms with van der Waals surface area (Å²) in [4.78, 5) is 29.0. The minimum absolute atomic E-state index is 0.0137. The van der Waals surface area contributed by atoms with Crippen molar-refractivity contribution in [1.82, 2.24) is 19.8 Å². The van der Waals surface area contributed by atoms with Crippen LogP contribution in [0.15, 0.2) is 18.7 Å². The van der Waals surface area contributed by atoms with Gasteiger partial charge in [0.15, 0.2) is 0 Å². The Bertz CT molecular complexity index is 446. The highest BCUT2D eigenvalue weighted by Gasteiger charge is 2.26. The Morgan fingerprint density at radius 1 is 1.50 bits per heavy atom. The third kappa shape index (κ3) is 4.06. The van der Waals surface area contributed by atoms with Crippen LogP contribution in [0.25, 0.3) is 0 Å². The predicted octanol–water partition coefficient (Wildman–Crippen LogP) is -0.627. The topological polar surface area (TPSA) is 87.5 Å². The van der Waals surface area contributed by atoms with Crippen molar-refractivity contribution in [3.05, 3.63) is 18.7 Å². The van der Waals surface area contributed by atoms with Gasteiger partial charge in [-0.05, 0) is 19.3 Å². The van der Waals surface area contributed by atoms with E-state index in [1.807, 2.05) is 10.8 Å². The first-order valence-corrected chi connectivity index (χ1v) is 6.86. The Morgan fingerprint density at radius 3 is 3.10 bits per heavy atom. The van der Waals surface area contributed by atoms with E-state index in [1.165, 1.54) is 4.90 Å². The lowest BCUT2D eigenvalue weighted by Gasteiger charge is -2.21. The number of hydrogen-bond donors (Lipinski definition) is 2. The van der Waals surface area contributed by atoms with Crippen LogP contribution in [-0.2, 0) is 16.1 Å². The second-order valence-corrected chi connectivity index (χ2v) is 4.92. The number of amides is 2. The summed E-state index contributed by atoms with van der Waals surface area (Å²) in [5.41, 5.74) is 0. The lowest BCUT2D eigenvalue weighted by molar-refractivity contribution is -0.142. The van der Waals surface area contributed by atoms with E-state index in [0.29, 0.717) is 26.1 Å². The van der Waals surface area contributed by atoms with Crippen LogP contribution in [-0.4, -0.2) is 57.1 Å². The maximum atomic E-state index is 11.8. The Labute approximate surface area is 117 Å². The number of nitrogens with one attached hydrogen (secondary N) is 1. The Morgan fingerprint density at radius 2 is 2.35 bits per heavy atom. The average Bonchev–Trinajstić information content (AvgIpc) is 2.89. The van der Waals surface area contributed by atoms with E-state index in [2.05, 4.69) is 10.3 Å². The number of aliphatic hydroxyl groups is 1. The van der Waals surface area contributed by atoms with Crippen molar-refractivity contribution < 1.29 is 14.7 Å². The van der Waals surface area contributed by atoms with E-state index < -0.39 is 6.10 Å². The van der Waals surface area contributed by atoms with E-state index in [0.717, 1.165) is 12.8 Å². The van der Waals surface area contributed by atoms with Gasteiger partial charge in [0.05, 0.1) is 12.9 Å². The molecule has 2 N–H and O–H groups in total. The molecule has 1 aromatic rings. The van der Waals surface area contributed by atoms with Gasteiger partial charge in [-0.2, -0.15) is 0 Å². The standard InChI is InChI=1S/C13H20N4O3/c18-11-3-1-2-6-17(13(11)20)9-12(19)15-5-8-16-7-4-14-10-16/h4,7,10-11,18H,1-3,5-6,8-9H2,(H,15,19). The third-order valence-corrected chi connectivity index (χ3v) is 3.34. The second-order valence-electron chi connectivity index (χ2n) is 4.92. The maximum absolute atomic E-state index is 11.8. The largest absolute Gasteiger partial charge is 0.383 e. The molecule has 2 rings (SSSR count). The van der Waals surface area contributed by atoms with E-state index in [9.17, 15) is 14.7 Å². The van der Waals surface area contributed by atoms with Gasteiger partial charge in [0.1, 0.15) is 6.10 Å². The fourth-order valence-electron chi connectivity index (χ4n) is 2.21. The summed E-state index contributed by atoms with van der Waals surface area (Å²) >= 11 is 0. The maximum Gasteiger partial charge on any atom is 0.251 e. The van der Waals surface area contributed by atoms with Gasteiger partial charge < -0.3 is 19.9 Å². The van der Waals surface area contributed by atoms with Crippen LogP contribution in [0, 0.1) is 0 Å². The number of hydrogen-bond acceptors (Lipinski definition) is 4. The zero-order chi connectivity index (χ0) is 14.4. The van der Waals surface area contributed by atoms with Crippen molar-refractivity contribution in [2.45, 2.75) is 31.9 Å². The van der Waals surface area contributed by atoms with Crippen LogP contribution >= 0.6 is 0 Å². The molecule has 0 spiro atoms. The molecule has 20 heavy (non-hydrogen) atoms. The smallest absolute Gasteiger partial charge is 0.251 e. The monoisotopic (exact) mass is 280 g/mol. The average molecular weight is 280 g/mol. The van der Waals surface area contributed by atoms with Gasteiger partial charge in [-0.1, -0.05) is 0 Å². The number of nitrogens with zero attached hydrogens (tertiary/aromatic N) is 3.